The third-order valence-electron chi connectivity index (χ3n) is 7.29. The number of esters is 2. The summed E-state index contributed by atoms with van der Waals surface area (Å²) in [7, 11) is 1.27. The number of urea groups is 1. The lowest BCUT2D eigenvalue weighted by atomic mass is 9.95. The number of methoxy groups -OCH3 is 1. The molecule has 2 amide bonds. The van der Waals surface area contributed by atoms with Crippen LogP contribution < -0.4 is 35.0 Å². The number of amides is 2. The molecule has 0 aliphatic carbocycles. The zero-order valence-electron chi connectivity index (χ0n) is 28.9. The average Bonchev–Trinajstić information content (AvgIpc) is 3.10. The number of aliphatic hydroxyl groups is 1. The summed E-state index contributed by atoms with van der Waals surface area (Å²) in [4.78, 5) is 36.6. The van der Waals surface area contributed by atoms with E-state index in [4.69, 9.17) is 28.4 Å². The molecule has 1 aliphatic rings. The van der Waals surface area contributed by atoms with Gasteiger partial charge in [0.25, 0.3) is 0 Å². The number of halogens is 1. The van der Waals surface area contributed by atoms with Gasteiger partial charge in [-0.1, -0.05) is 18.2 Å². The summed E-state index contributed by atoms with van der Waals surface area (Å²) in [6, 6.07) is 14.3. The molecule has 3 aromatic carbocycles. The minimum atomic E-state index is -1.19. The zero-order chi connectivity index (χ0) is 36.9. The van der Waals surface area contributed by atoms with E-state index in [1.54, 1.807) is 75.4 Å². The first-order valence-corrected chi connectivity index (χ1v) is 17.0. The summed E-state index contributed by atoms with van der Waals surface area (Å²) in [5.41, 5.74) is 5.81. The number of rotatable bonds is 17. The Kier molecular flexibility index (Phi) is 14.1. The predicted octanol–water partition coefficient (Wildman–Crippen LogP) is 5.12. The van der Waals surface area contributed by atoms with Gasteiger partial charge in [-0.2, -0.15) is 5.10 Å². The van der Waals surface area contributed by atoms with Crippen LogP contribution in [-0.2, 0) is 20.9 Å². The van der Waals surface area contributed by atoms with Crippen LogP contribution in [-0.4, -0.2) is 69.1 Å². The van der Waals surface area contributed by atoms with Crippen LogP contribution in [0.5, 0.6) is 23.0 Å². The van der Waals surface area contributed by atoms with Gasteiger partial charge in [-0.15, -0.1) is 0 Å². The van der Waals surface area contributed by atoms with Crippen molar-refractivity contribution >= 4 is 40.1 Å². The van der Waals surface area contributed by atoms with Gasteiger partial charge in [0.1, 0.15) is 13.2 Å². The van der Waals surface area contributed by atoms with E-state index in [2.05, 4.69) is 37.1 Å². The van der Waals surface area contributed by atoms with Gasteiger partial charge < -0.3 is 44.2 Å². The monoisotopic (exact) mass is 768 g/mol. The van der Waals surface area contributed by atoms with Crippen LogP contribution in [0.25, 0.3) is 0 Å². The van der Waals surface area contributed by atoms with E-state index in [0.717, 1.165) is 5.56 Å². The highest BCUT2D eigenvalue weighted by molar-refractivity contribution is 9.10. The number of hydrazone groups is 1. The molecule has 2 atom stereocenters. The van der Waals surface area contributed by atoms with Gasteiger partial charge in [-0.25, -0.2) is 14.4 Å². The SMILES string of the molecule is CCOC(=O)c1ccc(COc2c(Br)cc(/C=N/N[C@H](O)COc3ccc([C@@H]4NC(=O)NC(C)=C4C(=O)OC)cc3OCC)cc2OCC)cc1. The zero-order valence-corrected chi connectivity index (χ0v) is 30.5. The van der Waals surface area contributed by atoms with Crippen molar-refractivity contribution in [3.05, 3.63) is 92.6 Å². The maximum atomic E-state index is 12.5. The maximum absolute atomic E-state index is 12.5. The Bertz CT molecular complexity index is 1760. The number of ether oxygens (including phenoxy) is 6. The average molecular weight is 770 g/mol. The number of aliphatic hydroxyl groups excluding tert-OH is 1. The molecule has 0 aromatic heterocycles. The molecule has 51 heavy (non-hydrogen) atoms. The molecular weight excluding hydrogens is 728 g/mol. The minimum Gasteiger partial charge on any atom is -0.490 e. The summed E-state index contributed by atoms with van der Waals surface area (Å²) >= 11 is 3.55. The van der Waals surface area contributed by atoms with Gasteiger partial charge in [0.15, 0.2) is 29.2 Å². The second kappa shape index (κ2) is 18.6. The van der Waals surface area contributed by atoms with Gasteiger partial charge in [0, 0.05) is 5.70 Å². The number of carbonyl (C=O) groups is 3. The van der Waals surface area contributed by atoms with Crippen molar-refractivity contribution in [1.82, 2.24) is 16.1 Å². The molecule has 0 saturated carbocycles. The lowest BCUT2D eigenvalue weighted by Gasteiger charge is -2.28. The number of nitrogens with zero attached hydrogens (tertiary/aromatic N) is 1. The van der Waals surface area contributed by atoms with Crippen molar-refractivity contribution < 1.29 is 47.9 Å². The summed E-state index contributed by atoms with van der Waals surface area (Å²) in [5.74, 6) is 0.707. The molecule has 1 heterocycles. The van der Waals surface area contributed by atoms with E-state index >= 15 is 0 Å². The van der Waals surface area contributed by atoms with Crippen molar-refractivity contribution in [2.45, 2.75) is 46.6 Å². The highest BCUT2D eigenvalue weighted by Gasteiger charge is 2.32. The molecule has 4 N–H and O–H groups in total. The number of nitrogens with one attached hydrogen (secondary N) is 3. The number of benzene rings is 3. The van der Waals surface area contributed by atoms with Gasteiger partial charge in [-0.3, -0.25) is 5.43 Å². The first-order valence-electron chi connectivity index (χ1n) is 16.2. The lowest BCUT2D eigenvalue weighted by molar-refractivity contribution is -0.136. The van der Waals surface area contributed by atoms with Crippen LogP contribution in [0.3, 0.4) is 0 Å². The number of carbonyl (C=O) groups excluding carboxylic acids is 3. The smallest absolute Gasteiger partial charge is 0.338 e. The topological polar surface area (TPSA) is 175 Å². The Hall–Kier alpha value is -5.28. The molecule has 0 spiro atoms. The molecule has 0 fully saturated rings. The molecule has 0 bridgehead atoms. The summed E-state index contributed by atoms with van der Waals surface area (Å²) in [5, 5.41) is 20.0. The van der Waals surface area contributed by atoms with E-state index in [0.29, 0.717) is 69.7 Å². The van der Waals surface area contributed by atoms with Gasteiger partial charge in [0.05, 0.1) is 54.8 Å². The Morgan fingerprint density at radius 1 is 0.941 bits per heavy atom. The molecule has 0 unspecified atom stereocenters. The number of hydrogen-bond acceptors (Lipinski definition) is 12. The molecule has 3 aromatic rings. The van der Waals surface area contributed by atoms with Crippen molar-refractivity contribution in [1.29, 1.82) is 0 Å². The second-order valence-electron chi connectivity index (χ2n) is 10.9. The Morgan fingerprint density at radius 3 is 2.35 bits per heavy atom. The van der Waals surface area contributed by atoms with Crippen LogP contribution >= 0.6 is 15.9 Å². The number of allylic oxidation sites excluding steroid dienone is 1. The van der Waals surface area contributed by atoms with Crippen LogP contribution in [0.15, 0.2) is 75.4 Å². The fourth-order valence-electron chi connectivity index (χ4n) is 4.99. The third-order valence-corrected chi connectivity index (χ3v) is 7.88. The molecule has 14 nitrogen and oxygen atoms in total. The first-order chi connectivity index (χ1) is 24.6. The largest absolute Gasteiger partial charge is 0.490 e. The van der Waals surface area contributed by atoms with Crippen LogP contribution in [0, 0.1) is 0 Å². The van der Waals surface area contributed by atoms with Crippen molar-refractivity contribution in [2.75, 3.05) is 33.5 Å². The van der Waals surface area contributed by atoms with E-state index in [9.17, 15) is 19.5 Å². The molecule has 15 heteroatoms. The van der Waals surface area contributed by atoms with Gasteiger partial charge >= 0.3 is 18.0 Å². The Morgan fingerprint density at radius 2 is 1.67 bits per heavy atom. The van der Waals surface area contributed by atoms with Crippen LogP contribution in [0.1, 0.15) is 60.8 Å². The summed E-state index contributed by atoms with van der Waals surface area (Å²) in [6.45, 7) is 8.10. The van der Waals surface area contributed by atoms with Crippen molar-refractivity contribution in [3.63, 3.8) is 0 Å². The second-order valence-corrected chi connectivity index (χ2v) is 11.7. The molecule has 0 saturated heterocycles. The Labute approximate surface area is 304 Å². The first kappa shape index (κ1) is 38.5. The van der Waals surface area contributed by atoms with E-state index in [-0.39, 0.29) is 24.8 Å². The molecule has 272 valence electrons. The van der Waals surface area contributed by atoms with E-state index < -0.39 is 24.3 Å². The summed E-state index contributed by atoms with van der Waals surface area (Å²) in [6.07, 6.45) is 0.319. The lowest BCUT2D eigenvalue weighted by Crippen LogP contribution is -2.45. The van der Waals surface area contributed by atoms with Gasteiger partial charge in [0.2, 0.25) is 0 Å². The minimum absolute atomic E-state index is 0.186. The van der Waals surface area contributed by atoms with Gasteiger partial charge in [-0.05, 0) is 96.7 Å². The Balaban J connectivity index is 1.38. The normalized spacial score (nSPS) is 14.6. The fraction of sp³-hybridized carbons (Fsp3) is 0.333. The highest BCUT2D eigenvalue weighted by atomic mass is 79.9. The molecule has 0 radical (unpaired) electrons. The molecular formula is C36H41BrN4O10. The molecule has 1 aliphatic heterocycles. The standard InChI is InChI=1S/C36H41BrN4O10/c1-6-47-28-17-25(32-31(35(44)46-5)21(4)39-36(45)40-32)13-14-27(28)50-20-30(42)41-38-18-23-15-26(37)33(29(16-23)48-7-2)51-19-22-9-11-24(12-10-22)34(43)49-8-3/h9-18,30,32,41-42H,6-8,19-20H2,1-5H3,(H2,39,40,45)/b38-18+/t30-,32+/m1/s1. The van der Waals surface area contributed by atoms with Crippen LogP contribution in [0.2, 0.25) is 0 Å². The maximum Gasteiger partial charge on any atom is 0.338 e. The van der Waals surface area contributed by atoms with E-state index in [1.165, 1.54) is 13.3 Å². The summed E-state index contributed by atoms with van der Waals surface area (Å²) < 4.78 is 34.1. The van der Waals surface area contributed by atoms with Crippen molar-refractivity contribution in [3.8, 4) is 23.0 Å². The third kappa shape index (κ3) is 10.4. The fourth-order valence-corrected chi connectivity index (χ4v) is 5.57. The quantitative estimate of drug-likeness (QED) is 0.0621. The highest BCUT2D eigenvalue weighted by Crippen LogP contribution is 2.38. The number of hydrogen-bond donors (Lipinski definition) is 4. The van der Waals surface area contributed by atoms with Crippen molar-refractivity contribution in [2.24, 2.45) is 5.10 Å². The molecule has 4 rings (SSSR count). The van der Waals surface area contributed by atoms with Crippen LogP contribution in [0.4, 0.5) is 4.79 Å². The predicted molar refractivity (Wildman–Crippen MR) is 191 cm³/mol. The van der Waals surface area contributed by atoms with E-state index in [1.807, 2.05) is 6.92 Å².